The van der Waals surface area contributed by atoms with Crippen molar-refractivity contribution in [3.05, 3.63) is 0 Å². The van der Waals surface area contributed by atoms with Crippen LogP contribution in [0.25, 0.3) is 0 Å². The van der Waals surface area contributed by atoms with E-state index < -0.39 is 11.9 Å². The molecule has 8 N–H and O–H groups in total. The second kappa shape index (κ2) is 21.7. The fourth-order valence-corrected chi connectivity index (χ4v) is 1.40. The molecule has 0 bridgehead atoms. The predicted molar refractivity (Wildman–Crippen MR) is 90.2 cm³/mol. The standard InChI is InChI=1S/C8H16N2O4.C6H16N2O2/c11-7(12)1-3-9-5-6-10-4-2-8(13)14;9-5-3-7-1-2-8-4-6-10/h9-10H,1-6H2,(H,11,12)(H,13,14);7-10H,1-6H2. The number of hydrogen-bond acceptors (Lipinski definition) is 8. The lowest BCUT2D eigenvalue weighted by molar-refractivity contribution is -0.137. The first-order chi connectivity index (χ1) is 11.5. The molecule has 0 rings (SSSR count). The molecule has 0 aromatic heterocycles. The van der Waals surface area contributed by atoms with Crippen LogP contribution in [-0.2, 0) is 9.59 Å². The van der Waals surface area contributed by atoms with Gasteiger partial charge in [0.25, 0.3) is 0 Å². The zero-order valence-corrected chi connectivity index (χ0v) is 14.1. The van der Waals surface area contributed by atoms with Crippen LogP contribution in [0, 0.1) is 0 Å². The Morgan fingerprint density at radius 3 is 1.08 bits per heavy atom. The molecule has 0 amide bonds. The van der Waals surface area contributed by atoms with Crippen LogP contribution < -0.4 is 21.3 Å². The molecule has 144 valence electrons. The fraction of sp³-hybridized carbons (Fsp3) is 0.857. The van der Waals surface area contributed by atoms with Crippen LogP contribution in [0.3, 0.4) is 0 Å². The Morgan fingerprint density at radius 1 is 0.542 bits per heavy atom. The van der Waals surface area contributed by atoms with Gasteiger partial charge in [-0.2, -0.15) is 0 Å². The molecule has 0 aromatic rings. The minimum Gasteiger partial charge on any atom is -0.481 e. The third-order valence-corrected chi connectivity index (χ3v) is 2.57. The second-order valence-electron chi connectivity index (χ2n) is 4.73. The Hall–Kier alpha value is -1.30. The molecule has 0 aliphatic carbocycles. The van der Waals surface area contributed by atoms with E-state index in [2.05, 4.69) is 21.3 Å². The van der Waals surface area contributed by atoms with Crippen LogP contribution in [0.4, 0.5) is 0 Å². The predicted octanol–water partition coefficient (Wildman–Crippen LogP) is -2.73. The van der Waals surface area contributed by atoms with Crippen molar-refractivity contribution in [1.29, 1.82) is 0 Å². The van der Waals surface area contributed by atoms with E-state index in [0.29, 0.717) is 39.3 Å². The van der Waals surface area contributed by atoms with Gasteiger partial charge in [-0.05, 0) is 0 Å². The third-order valence-electron chi connectivity index (χ3n) is 2.57. The molecule has 10 heteroatoms. The van der Waals surface area contributed by atoms with Crippen LogP contribution in [0.15, 0.2) is 0 Å². The number of hydrogen-bond donors (Lipinski definition) is 8. The summed E-state index contributed by atoms with van der Waals surface area (Å²) in [5, 5.41) is 45.1. The van der Waals surface area contributed by atoms with Crippen molar-refractivity contribution >= 4 is 11.9 Å². The largest absolute Gasteiger partial charge is 0.481 e. The van der Waals surface area contributed by atoms with Gasteiger partial charge in [-0.15, -0.1) is 0 Å². The van der Waals surface area contributed by atoms with E-state index in [1.54, 1.807) is 0 Å². The van der Waals surface area contributed by atoms with Gasteiger partial charge in [-0.3, -0.25) is 9.59 Å². The van der Waals surface area contributed by atoms with E-state index in [-0.39, 0.29) is 26.1 Å². The summed E-state index contributed by atoms with van der Waals surface area (Å²) >= 11 is 0. The lowest BCUT2D eigenvalue weighted by Crippen LogP contribution is -2.30. The molecule has 0 fully saturated rings. The first-order valence-corrected chi connectivity index (χ1v) is 8.02. The fourth-order valence-electron chi connectivity index (χ4n) is 1.40. The van der Waals surface area contributed by atoms with Crippen LogP contribution in [0.1, 0.15) is 12.8 Å². The molecule has 0 radical (unpaired) electrons. The highest BCUT2D eigenvalue weighted by Crippen LogP contribution is 1.75. The molecule has 0 saturated heterocycles. The summed E-state index contributed by atoms with van der Waals surface area (Å²) in [6.45, 7) is 5.48. The van der Waals surface area contributed by atoms with Crippen molar-refractivity contribution in [2.45, 2.75) is 12.8 Å². The van der Waals surface area contributed by atoms with Gasteiger partial charge in [-0.1, -0.05) is 0 Å². The maximum absolute atomic E-state index is 10.1. The number of nitrogens with one attached hydrogen (secondary N) is 4. The van der Waals surface area contributed by atoms with Crippen molar-refractivity contribution in [1.82, 2.24) is 21.3 Å². The highest BCUT2D eigenvalue weighted by atomic mass is 16.4. The number of rotatable bonds is 16. The minimum atomic E-state index is -0.823. The van der Waals surface area contributed by atoms with Gasteiger partial charge in [0.1, 0.15) is 0 Å². The summed E-state index contributed by atoms with van der Waals surface area (Å²) in [5.74, 6) is -1.65. The summed E-state index contributed by atoms with van der Waals surface area (Å²) < 4.78 is 0. The lowest BCUT2D eigenvalue weighted by Gasteiger charge is -2.03. The van der Waals surface area contributed by atoms with Crippen LogP contribution in [-0.4, -0.2) is 97.9 Å². The average Bonchev–Trinajstić information content (AvgIpc) is 2.53. The Bertz CT molecular complexity index is 266. The van der Waals surface area contributed by atoms with Crippen molar-refractivity contribution in [3.8, 4) is 0 Å². The summed E-state index contributed by atoms with van der Waals surface area (Å²) in [7, 11) is 0. The van der Waals surface area contributed by atoms with Crippen LogP contribution in [0.5, 0.6) is 0 Å². The van der Waals surface area contributed by atoms with E-state index in [0.717, 1.165) is 13.1 Å². The van der Waals surface area contributed by atoms with Crippen molar-refractivity contribution in [2.75, 3.05) is 65.6 Å². The smallest absolute Gasteiger partial charge is 0.304 e. The molecule has 24 heavy (non-hydrogen) atoms. The highest BCUT2D eigenvalue weighted by molar-refractivity contribution is 5.67. The van der Waals surface area contributed by atoms with Crippen molar-refractivity contribution in [2.24, 2.45) is 0 Å². The zero-order chi connectivity index (χ0) is 18.5. The number of aliphatic carboxylic acids is 2. The third kappa shape index (κ3) is 28.8. The van der Waals surface area contributed by atoms with Crippen LogP contribution >= 0.6 is 0 Å². The minimum absolute atomic E-state index is 0.106. The van der Waals surface area contributed by atoms with E-state index in [1.165, 1.54) is 0 Å². The van der Waals surface area contributed by atoms with Crippen molar-refractivity contribution < 1.29 is 30.0 Å². The average molecular weight is 352 g/mol. The number of aliphatic hydroxyl groups excluding tert-OH is 2. The van der Waals surface area contributed by atoms with E-state index in [4.69, 9.17) is 20.4 Å². The number of carboxylic acids is 2. The van der Waals surface area contributed by atoms with Gasteiger partial charge in [-0.25, -0.2) is 0 Å². The lowest BCUT2D eigenvalue weighted by atomic mass is 10.4. The number of aliphatic hydroxyl groups is 2. The quantitative estimate of drug-likeness (QED) is 0.137. The first-order valence-electron chi connectivity index (χ1n) is 8.02. The highest BCUT2D eigenvalue weighted by Gasteiger charge is 1.96. The van der Waals surface area contributed by atoms with Crippen molar-refractivity contribution in [3.63, 3.8) is 0 Å². The number of carboxylic acid groups (broad SMARTS) is 2. The molecule has 0 aliphatic heterocycles. The van der Waals surface area contributed by atoms with E-state index >= 15 is 0 Å². The summed E-state index contributed by atoms with van der Waals surface area (Å²) in [6.07, 6.45) is 0.213. The zero-order valence-electron chi connectivity index (χ0n) is 14.1. The summed E-state index contributed by atoms with van der Waals surface area (Å²) in [6, 6.07) is 0. The SMILES string of the molecule is O=C(O)CCNCCNCCC(=O)O.OCCNCCNCCO. The van der Waals surface area contributed by atoms with Gasteiger partial charge in [0.15, 0.2) is 0 Å². The molecule has 10 nitrogen and oxygen atoms in total. The number of carbonyl (C=O) groups is 2. The summed E-state index contributed by atoms with van der Waals surface area (Å²) in [5.41, 5.74) is 0. The second-order valence-corrected chi connectivity index (χ2v) is 4.73. The maximum atomic E-state index is 10.1. The molecule has 0 saturated carbocycles. The molecule has 0 heterocycles. The first kappa shape index (κ1) is 24.9. The normalized spacial score (nSPS) is 10.1. The maximum Gasteiger partial charge on any atom is 0.304 e. The molecule has 0 aromatic carbocycles. The monoisotopic (exact) mass is 352 g/mol. The molecule has 0 atom stereocenters. The van der Waals surface area contributed by atoms with Gasteiger partial charge < -0.3 is 41.7 Å². The Labute approximate surface area is 142 Å². The van der Waals surface area contributed by atoms with Crippen LogP contribution in [0.2, 0.25) is 0 Å². The molecule has 0 aliphatic rings. The van der Waals surface area contributed by atoms with Gasteiger partial charge in [0, 0.05) is 52.4 Å². The van der Waals surface area contributed by atoms with E-state index in [1.807, 2.05) is 0 Å². The van der Waals surface area contributed by atoms with E-state index in [9.17, 15) is 9.59 Å². The Balaban J connectivity index is 0. The molecular weight excluding hydrogens is 320 g/mol. The topological polar surface area (TPSA) is 163 Å². The Morgan fingerprint density at radius 2 is 0.833 bits per heavy atom. The van der Waals surface area contributed by atoms with Gasteiger partial charge in [0.2, 0.25) is 0 Å². The summed E-state index contributed by atoms with van der Waals surface area (Å²) in [4.78, 5) is 20.2. The molecule has 0 spiro atoms. The van der Waals surface area contributed by atoms with Gasteiger partial charge >= 0.3 is 11.9 Å². The molecule has 0 unspecified atom stereocenters. The Kier molecular flexibility index (Phi) is 22.6. The molecular formula is C14H32N4O6. The van der Waals surface area contributed by atoms with Gasteiger partial charge in [0.05, 0.1) is 26.1 Å².